The predicted octanol–water partition coefficient (Wildman–Crippen LogP) is 1.78. The Hall–Kier alpha value is -0.193. The first kappa shape index (κ1) is 23.1. The number of carbonyl (C=O) groups excluding carboxylic acids is 1. The molecule has 0 spiro atoms. The van der Waals surface area contributed by atoms with Crippen LogP contribution in [0.4, 0.5) is 0 Å². The van der Waals surface area contributed by atoms with E-state index in [9.17, 15) is 9.90 Å². The van der Waals surface area contributed by atoms with E-state index in [0.717, 1.165) is 19.3 Å². The third-order valence-electron chi connectivity index (χ3n) is 3.64. The van der Waals surface area contributed by atoms with Crippen LogP contribution >= 0.6 is 0 Å². The minimum atomic E-state index is -0.914. The van der Waals surface area contributed by atoms with Crippen LogP contribution in [0.15, 0.2) is 12.2 Å². The van der Waals surface area contributed by atoms with Crippen molar-refractivity contribution in [1.29, 1.82) is 0 Å². The van der Waals surface area contributed by atoms with E-state index < -0.39 is 5.97 Å². The molecule has 0 bridgehead atoms. The molecule has 0 amide bonds. The molecule has 0 unspecified atom stereocenters. The minimum absolute atomic E-state index is 0. The van der Waals surface area contributed by atoms with Gasteiger partial charge in [-0.15, -0.1) is 0 Å². The molecular weight excluding hydrogens is 255 g/mol. The van der Waals surface area contributed by atoms with Gasteiger partial charge in [0, 0.05) is 5.97 Å². The Bertz CT molecular complexity index is 239. The minimum Gasteiger partial charge on any atom is -0.550 e. The van der Waals surface area contributed by atoms with E-state index in [1.165, 1.54) is 64.2 Å². The van der Waals surface area contributed by atoms with Gasteiger partial charge in [0.25, 0.3) is 0 Å². The molecule has 0 aromatic carbocycles. The molecule has 0 saturated carbocycles. The second-order valence-electron chi connectivity index (χ2n) is 5.71. The van der Waals surface area contributed by atoms with E-state index in [1.54, 1.807) is 0 Å². The van der Waals surface area contributed by atoms with E-state index in [0.29, 0.717) is 0 Å². The van der Waals surface area contributed by atoms with Crippen LogP contribution in [-0.4, -0.2) is 5.97 Å². The van der Waals surface area contributed by atoms with E-state index in [2.05, 4.69) is 19.1 Å². The summed E-state index contributed by atoms with van der Waals surface area (Å²) in [6.45, 7) is 2.26. The van der Waals surface area contributed by atoms with Crippen LogP contribution in [0.2, 0.25) is 0 Å². The zero-order valence-electron chi connectivity index (χ0n) is 14.4. The maximum atomic E-state index is 10.2. The summed E-state index contributed by atoms with van der Waals surface area (Å²) in [7, 11) is 0. The molecule has 0 radical (unpaired) electrons. The van der Waals surface area contributed by atoms with Crippen LogP contribution in [0.5, 0.6) is 0 Å². The third-order valence-corrected chi connectivity index (χ3v) is 3.64. The fourth-order valence-corrected chi connectivity index (χ4v) is 2.34. The van der Waals surface area contributed by atoms with Gasteiger partial charge in [0.05, 0.1) is 0 Å². The van der Waals surface area contributed by atoms with Crippen LogP contribution in [0.3, 0.4) is 0 Å². The van der Waals surface area contributed by atoms with Gasteiger partial charge in [-0.25, -0.2) is 0 Å². The molecule has 0 aliphatic heterocycles. The van der Waals surface area contributed by atoms with E-state index in [4.69, 9.17) is 0 Å². The summed E-state index contributed by atoms with van der Waals surface area (Å²) in [5.74, 6) is -0.914. The zero-order chi connectivity index (χ0) is 14.9. The van der Waals surface area contributed by atoms with Crippen molar-refractivity contribution in [2.24, 2.45) is 0 Å². The largest absolute Gasteiger partial charge is 1.00 e. The predicted molar refractivity (Wildman–Crippen MR) is 84.5 cm³/mol. The summed E-state index contributed by atoms with van der Waals surface area (Å²) in [4.78, 5) is 10.2. The SMILES string of the molecule is CCCCCCCCC=CCCCCCCCC(=O)[O-].[Li+]. The zero-order valence-corrected chi connectivity index (χ0v) is 14.4. The van der Waals surface area contributed by atoms with Crippen molar-refractivity contribution < 1.29 is 28.8 Å². The molecule has 0 atom stereocenters. The molecule has 0 aliphatic rings. The smallest absolute Gasteiger partial charge is 0.550 e. The Balaban J connectivity index is 0. The summed E-state index contributed by atoms with van der Waals surface area (Å²) in [5, 5.41) is 10.2. The number of carbonyl (C=O) groups is 1. The summed E-state index contributed by atoms with van der Waals surface area (Å²) in [6, 6.07) is 0. The standard InChI is InChI=1S/C18H34O2.Li/c1-2-3-4-5-6-7-8-9-10-11-12-13-14-15-16-17-18(19)20;/h9-10H,2-8,11-17H2,1H3,(H,19,20);/q;+1/p-1. The van der Waals surface area contributed by atoms with Gasteiger partial charge in [0.2, 0.25) is 0 Å². The van der Waals surface area contributed by atoms with Gasteiger partial charge in [0.15, 0.2) is 0 Å². The van der Waals surface area contributed by atoms with Crippen molar-refractivity contribution in [3.05, 3.63) is 12.2 Å². The van der Waals surface area contributed by atoms with E-state index in [1.807, 2.05) is 0 Å². The number of allylic oxidation sites excluding steroid dienone is 2. The molecule has 2 nitrogen and oxygen atoms in total. The Labute approximate surface area is 144 Å². The molecule has 0 rings (SSSR count). The molecule has 0 aromatic heterocycles. The molecule has 0 fully saturated rings. The molecule has 0 aromatic rings. The normalized spacial score (nSPS) is 10.7. The Morgan fingerprint density at radius 3 is 1.67 bits per heavy atom. The Kier molecular flexibility index (Phi) is 21.8. The van der Waals surface area contributed by atoms with Gasteiger partial charge in [-0.2, -0.15) is 0 Å². The number of unbranched alkanes of at least 4 members (excludes halogenated alkanes) is 11. The van der Waals surface area contributed by atoms with Crippen molar-refractivity contribution >= 4 is 5.97 Å². The van der Waals surface area contributed by atoms with Gasteiger partial charge in [-0.3, -0.25) is 0 Å². The first-order valence-electron chi connectivity index (χ1n) is 8.62. The van der Waals surface area contributed by atoms with Crippen LogP contribution in [-0.2, 0) is 4.79 Å². The van der Waals surface area contributed by atoms with Gasteiger partial charge < -0.3 is 9.90 Å². The topological polar surface area (TPSA) is 40.1 Å². The van der Waals surface area contributed by atoms with Gasteiger partial charge in [-0.05, 0) is 38.5 Å². The van der Waals surface area contributed by atoms with Crippen LogP contribution in [0.1, 0.15) is 96.8 Å². The monoisotopic (exact) mass is 288 g/mol. The Morgan fingerprint density at radius 2 is 1.19 bits per heavy atom. The molecule has 0 heterocycles. The maximum Gasteiger partial charge on any atom is 1.00 e. The number of hydrogen-bond donors (Lipinski definition) is 0. The molecule has 21 heavy (non-hydrogen) atoms. The number of carboxylic acid groups (broad SMARTS) is 1. The van der Waals surface area contributed by atoms with Gasteiger partial charge in [0.1, 0.15) is 0 Å². The second-order valence-corrected chi connectivity index (χ2v) is 5.71. The third kappa shape index (κ3) is 22.2. The molecule has 3 heteroatoms. The molecular formula is C18H33LiO2. The van der Waals surface area contributed by atoms with Crippen molar-refractivity contribution in [3.63, 3.8) is 0 Å². The van der Waals surface area contributed by atoms with Crippen molar-refractivity contribution in [3.8, 4) is 0 Å². The van der Waals surface area contributed by atoms with E-state index >= 15 is 0 Å². The van der Waals surface area contributed by atoms with Crippen LogP contribution < -0.4 is 24.0 Å². The molecule has 0 N–H and O–H groups in total. The maximum absolute atomic E-state index is 10.2. The van der Waals surface area contributed by atoms with Gasteiger partial charge in [-0.1, -0.05) is 70.4 Å². The molecule has 0 saturated heterocycles. The summed E-state index contributed by atoms with van der Waals surface area (Å²) >= 11 is 0. The van der Waals surface area contributed by atoms with Gasteiger partial charge >= 0.3 is 18.9 Å². The summed E-state index contributed by atoms with van der Waals surface area (Å²) in [6.07, 6.45) is 20.9. The van der Waals surface area contributed by atoms with Crippen molar-refractivity contribution in [2.75, 3.05) is 0 Å². The number of aliphatic carboxylic acids is 1. The first-order chi connectivity index (χ1) is 9.77. The quantitative estimate of drug-likeness (QED) is 0.262. The molecule has 0 aliphatic carbocycles. The van der Waals surface area contributed by atoms with Crippen LogP contribution in [0, 0.1) is 0 Å². The van der Waals surface area contributed by atoms with E-state index in [-0.39, 0.29) is 25.3 Å². The second kappa shape index (κ2) is 19.8. The average molecular weight is 288 g/mol. The number of rotatable bonds is 15. The fourth-order valence-electron chi connectivity index (χ4n) is 2.34. The van der Waals surface area contributed by atoms with Crippen molar-refractivity contribution in [2.45, 2.75) is 96.8 Å². The number of hydrogen-bond acceptors (Lipinski definition) is 2. The van der Waals surface area contributed by atoms with Crippen LogP contribution in [0.25, 0.3) is 0 Å². The summed E-state index contributed by atoms with van der Waals surface area (Å²) < 4.78 is 0. The number of carboxylic acids is 1. The fraction of sp³-hybridized carbons (Fsp3) is 0.833. The average Bonchev–Trinajstić information content (AvgIpc) is 2.43. The summed E-state index contributed by atoms with van der Waals surface area (Å²) in [5.41, 5.74) is 0. The van der Waals surface area contributed by atoms with Crippen molar-refractivity contribution in [1.82, 2.24) is 0 Å². The first-order valence-corrected chi connectivity index (χ1v) is 8.62. The Morgan fingerprint density at radius 1 is 0.762 bits per heavy atom. The molecule has 118 valence electrons.